The number of nitrogens with one attached hydrogen (secondary N) is 1. The summed E-state index contributed by atoms with van der Waals surface area (Å²) in [5, 5.41) is 7.24. The second-order valence-electron chi connectivity index (χ2n) is 9.33. The van der Waals surface area contributed by atoms with Crippen molar-refractivity contribution in [2.75, 3.05) is 13.7 Å². The third-order valence-electron chi connectivity index (χ3n) is 6.46. The van der Waals surface area contributed by atoms with Crippen LogP contribution < -0.4 is 10.1 Å². The van der Waals surface area contributed by atoms with Gasteiger partial charge in [-0.3, -0.25) is 4.90 Å². The molecule has 0 spiro atoms. The van der Waals surface area contributed by atoms with Crippen LogP contribution in [0.3, 0.4) is 0 Å². The van der Waals surface area contributed by atoms with Crippen molar-refractivity contribution >= 4 is 11.6 Å². The van der Waals surface area contributed by atoms with Crippen LogP contribution in [0.25, 0.3) is 17.0 Å². The molecule has 0 radical (unpaired) electrons. The number of aromatic nitrogens is 2. The fourth-order valence-electron chi connectivity index (χ4n) is 4.16. The first-order valence-corrected chi connectivity index (χ1v) is 11.7. The predicted octanol–water partition coefficient (Wildman–Crippen LogP) is 6.04. The number of hydrogen-bond donors (Lipinski definition) is 1. The molecule has 35 heavy (non-hydrogen) atoms. The third-order valence-corrected chi connectivity index (χ3v) is 6.46. The van der Waals surface area contributed by atoms with Crippen LogP contribution in [0.4, 0.5) is 9.18 Å². The van der Waals surface area contributed by atoms with Crippen molar-refractivity contribution < 1.29 is 18.4 Å². The van der Waals surface area contributed by atoms with E-state index >= 15 is 0 Å². The van der Waals surface area contributed by atoms with Crippen LogP contribution >= 0.6 is 0 Å². The number of ether oxygens (including phenoxy) is 1. The molecule has 184 valence electrons. The lowest BCUT2D eigenvalue weighted by Crippen LogP contribution is -2.46. The van der Waals surface area contributed by atoms with Crippen molar-refractivity contribution in [3.8, 4) is 17.1 Å². The van der Waals surface area contributed by atoms with Crippen molar-refractivity contribution in [3.05, 3.63) is 70.5 Å². The number of rotatable bonds is 7. The highest BCUT2D eigenvalue weighted by Crippen LogP contribution is 2.38. The number of carbonyl (C=O) groups excluding carboxylic acids is 1. The molecule has 1 aliphatic heterocycles. The summed E-state index contributed by atoms with van der Waals surface area (Å²) in [7, 11) is 1.41. The molecule has 0 saturated carbocycles. The molecule has 2 amide bonds. The molecule has 1 atom stereocenters. The Labute approximate surface area is 205 Å². The van der Waals surface area contributed by atoms with E-state index < -0.39 is 11.9 Å². The molecule has 1 aliphatic rings. The summed E-state index contributed by atoms with van der Waals surface area (Å²) in [6, 6.07) is 9.99. The molecule has 8 heteroatoms. The summed E-state index contributed by atoms with van der Waals surface area (Å²) in [6.07, 6.45) is 0.854. The van der Waals surface area contributed by atoms with Gasteiger partial charge < -0.3 is 14.6 Å². The smallest absolute Gasteiger partial charge is 0.322 e. The van der Waals surface area contributed by atoms with E-state index in [1.807, 2.05) is 32.9 Å². The fraction of sp³-hybridized carbons (Fsp3) is 0.370. The molecule has 0 bridgehead atoms. The number of nitrogens with zero attached hydrogens (tertiary/aromatic N) is 3. The molecular formula is C27H31FN4O3. The van der Waals surface area contributed by atoms with Crippen LogP contribution in [0, 0.1) is 25.6 Å². The van der Waals surface area contributed by atoms with Gasteiger partial charge in [0, 0.05) is 17.8 Å². The number of hydrogen-bond acceptors (Lipinski definition) is 5. The molecule has 0 aliphatic carbocycles. The highest BCUT2D eigenvalue weighted by Gasteiger charge is 2.35. The lowest BCUT2D eigenvalue weighted by molar-refractivity contribution is 0.202. The van der Waals surface area contributed by atoms with Gasteiger partial charge >= 0.3 is 6.03 Å². The molecule has 2 aromatic carbocycles. The Morgan fingerprint density at radius 3 is 2.57 bits per heavy atom. The van der Waals surface area contributed by atoms with Gasteiger partial charge in [-0.1, -0.05) is 37.2 Å². The van der Waals surface area contributed by atoms with Crippen LogP contribution in [0.2, 0.25) is 0 Å². The lowest BCUT2D eigenvalue weighted by Gasteiger charge is -2.35. The van der Waals surface area contributed by atoms with Gasteiger partial charge in [-0.15, -0.1) is 0 Å². The maximum Gasteiger partial charge on any atom is 0.322 e. The number of carbonyl (C=O) groups is 1. The molecule has 1 N–H and O–H groups in total. The number of urea groups is 1. The average molecular weight is 479 g/mol. The number of halogens is 1. The number of methoxy groups -OCH3 is 1. The standard InChI is InChI=1S/C27H31FN4O3/c1-15(2)11-12-32-18(5)23(24(29-27(32)33)19-8-7-16(3)17(4)13-19)26-30-25(31-35-26)20-9-10-22(34-6)21(28)14-20/h7-10,13-15,24H,11-12H2,1-6H3,(H,29,33). The predicted molar refractivity (Wildman–Crippen MR) is 132 cm³/mol. The molecule has 3 aromatic rings. The number of benzene rings is 2. The minimum Gasteiger partial charge on any atom is -0.494 e. The summed E-state index contributed by atoms with van der Waals surface area (Å²) in [5.74, 6) is 0.612. The third kappa shape index (κ3) is 4.92. The quantitative estimate of drug-likeness (QED) is 0.447. The van der Waals surface area contributed by atoms with E-state index in [1.54, 1.807) is 11.0 Å². The van der Waals surface area contributed by atoms with Gasteiger partial charge in [0.2, 0.25) is 5.82 Å². The van der Waals surface area contributed by atoms with E-state index in [2.05, 4.69) is 35.4 Å². The largest absolute Gasteiger partial charge is 0.494 e. The first-order valence-electron chi connectivity index (χ1n) is 11.7. The Bertz CT molecular complexity index is 1280. The van der Waals surface area contributed by atoms with Crippen molar-refractivity contribution in [2.24, 2.45) is 5.92 Å². The van der Waals surface area contributed by atoms with Crippen LogP contribution in [0.15, 0.2) is 46.6 Å². The van der Waals surface area contributed by atoms with Gasteiger partial charge in [0.1, 0.15) is 0 Å². The van der Waals surface area contributed by atoms with E-state index in [1.165, 1.54) is 24.8 Å². The molecule has 0 fully saturated rings. The van der Waals surface area contributed by atoms with Crippen LogP contribution in [0.1, 0.15) is 55.8 Å². The van der Waals surface area contributed by atoms with E-state index in [4.69, 9.17) is 9.26 Å². The minimum atomic E-state index is -0.510. The topological polar surface area (TPSA) is 80.5 Å². The SMILES string of the molecule is COc1ccc(-c2noc(C3=C(C)N(CCC(C)C)C(=O)NC3c3ccc(C)c(C)c3)n2)cc1F. The van der Waals surface area contributed by atoms with Gasteiger partial charge in [-0.25, -0.2) is 9.18 Å². The van der Waals surface area contributed by atoms with Crippen molar-refractivity contribution in [2.45, 2.75) is 47.1 Å². The second kappa shape index (κ2) is 9.90. The Balaban J connectivity index is 1.79. The Morgan fingerprint density at radius 2 is 1.91 bits per heavy atom. The van der Waals surface area contributed by atoms with E-state index in [-0.39, 0.29) is 23.5 Å². The first-order chi connectivity index (χ1) is 16.7. The van der Waals surface area contributed by atoms with Gasteiger partial charge in [-0.2, -0.15) is 4.98 Å². The Kier molecular flexibility index (Phi) is 6.91. The summed E-state index contributed by atoms with van der Waals surface area (Å²) < 4.78 is 25.0. The van der Waals surface area contributed by atoms with Crippen LogP contribution in [-0.4, -0.2) is 34.7 Å². The zero-order valence-corrected chi connectivity index (χ0v) is 21.0. The fourth-order valence-corrected chi connectivity index (χ4v) is 4.16. The lowest BCUT2D eigenvalue weighted by atomic mass is 9.92. The van der Waals surface area contributed by atoms with Gasteiger partial charge in [0.05, 0.1) is 18.7 Å². The zero-order chi connectivity index (χ0) is 25.3. The summed E-state index contributed by atoms with van der Waals surface area (Å²) in [4.78, 5) is 19.4. The second-order valence-corrected chi connectivity index (χ2v) is 9.33. The van der Waals surface area contributed by atoms with Crippen LogP contribution in [0.5, 0.6) is 5.75 Å². The normalized spacial score (nSPS) is 16.2. The number of aryl methyl sites for hydroxylation is 2. The highest BCUT2D eigenvalue weighted by atomic mass is 19.1. The first kappa shape index (κ1) is 24.4. The van der Waals surface area contributed by atoms with Crippen molar-refractivity contribution in [3.63, 3.8) is 0 Å². The van der Waals surface area contributed by atoms with Crippen molar-refractivity contribution in [1.82, 2.24) is 20.4 Å². The summed E-state index contributed by atoms with van der Waals surface area (Å²) in [5.41, 5.74) is 5.16. The zero-order valence-electron chi connectivity index (χ0n) is 21.0. The molecule has 0 saturated heterocycles. The van der Waals surface area contributed by atoms with Gasteiger partial charge in [-0.05, 0) is 68.0 Å². The van der Waals surface area contributed by atoms with E-state index in [0.29, 0.717) is 18.0 Å². The Morgan fingerprint density at radius 1 is 1.14 bits per heavy atom. The maximum absolute atomic E-state index is 14.3. The van der Waals surface area contributed by atoms with Gasteiger partial charge in [0.25, 0.3) is 5.89 Å². The molecule has 1 aromatic heterocycles. The molecule has 2 heterocycles. The average Bonchev–Trinajstić information content (AvgIpc) is 3.30. The Hall–Kier alpha value is -3.68. The molecule has 4 rings (SSSR count). The molecular weight excluding hydrogens is 447 g/mol. The van der Waals surface area contributed by atoms with Crippen molar-refractivity contribution in [1.29, 1.82) is 0 Å². The maximum atomic E-state index is 14.3. The summed E-state index contributed by atoms with van der Waals surface area (Å²) in [6.45, 7) is 10.8. The van der Waals surface area contributed by atoms with Crippen LogP contribution in [-0.2, 0) is 0 Å². The monoisotopic (exact) mass is 478 g/mol. The summed E-state index contributed by atoms with van der Waals surface area (Å²) >= 11 is 0. The minimum absolute atomic E-state index is 0.140. The number of amides is 2. The number of allylic oxidation sites excluding steroid dienone is 1. The molecule has 1 unspecified atom stereocenters. The van der Waals surface area contributed by atoms with E-state index in [0.717, 1.165) is 28.8 Å². The van der Waals surface area contributed by atoms with E-state index in [9.17, 15) is 9.18 Å². The van der Waals surface area contributed by atoms with Gasteiger partial charge in [0.15, 0.2) is 11.6 Å². The highest BCUT2D eigenvalue weighted by molar-refractivity contribution is 5.87. The molecule has 7 nitrogen and oxygen atoms in total.